The van der Waals surface area contributed by atoms with Crippen LogP contribution in [0.3, 0.4) is 0 Å². The molecule has 2 unspecified atom stereocenters. The number of fused-ring (bicyclic) bond motifs is 1. The Hall–Kier alpha value is -0.980. The number of nitrogens with zero attached hydrogens (tertiary/aromatic N) is 1. The highest BCUT2D eigenvalue weighted by atomic mass is 79.9. The zero-order valence-electron chi connectivity index (χ0n) is 11.7. The van der Waals surface area contributed by atoms with Crippen LogP contribution < -0.4 is 19.9 Å². The van der Waals surface area contributed by atoms with Crippen LogP contribution in [0.5, 0.6) is 17.2 Å². The van der Waals surface area contributed by atoms with E-state index in [1.807, 2.05) is 6.07 Å². The van der Waals surface area contributed by atoms with Gasteiger partial charge < -0.3 is 19.9 Å². The molecule has 20 heavy (non-hydrogen) atoms. The lowest BCUT2D eigenvalue weighted by atomic mass is 9.98. The predicted molar refractivity (Wildman–Crippen MR) is 79.3 cm³/mol. The Kier molecular flexibility index (Phi) is 3.79. The largest absolute Gasteiger partial charge is 0.495 e. The summed E-state index contributed by atoms with van der Waals surface area (Å²) in [4.78, 5) is 2.31. The van der Waals surface area contributed by atoms with Crippen LogP contribution in [0.2, 0.25) is 0 Å². The zero-order chi connectivity index (χ0) is 14.3. The molecule has 0 amide bonds. The van der Waals surface area contributed by atoms with Gasteiger partial charge in [-0.1, -0.05) is 0 Å². The third-order valence-corrected chi connectivity index (χ3v) is 4.70. The molecule has 2 aliphatic heterocycles. The molecule has 0 radical (unpaired) electrons. The highest BCUT2D eigenvalue weighted by molar-refractivity contribution is 9.10. The Morgan fingerprint density at radius 2 is 2.30 bits per heavy atom. The van der Waals surface area contributed by atoms with Crippen LogP contribution in [-0.2, 0) is 0 Å². The average Bonchev–Trinajstić information content (AvgIpc) is 3.03. The van der Waals surface area contributed by atoms with E-state index >= 15 is 0 Å². The molecule has 1 fully saturated rings. The van der Waals surface area contributed by atoms with E-state index in [1.165, 1.54) is 0 Å². The first kappa shape index (κ1) is 14.0. The molecule has 2 atom stereocenters. The molecule has 0 aliphatic carbocycles. The molecule has 2 N–H and O–H groups in total. The molecule has 6 heteroatoms. The number of rotatable bonds is 3. The topological polar surface area (TPSA) is 57.0 Å². The van der Waals surface area contributed by atoms with Crippen molar-refractivity contribution in [2.24, 2.45) is 11.7 Å². The monoisotopic (exact) mass is 342 g/mol. The molecule has 1 aromatic rings. The lowest BCUT2D eigenvalue weighted by molar-refractivity contribution is 0.171. The van der Waals surface area contributed by atoms with Crippen LogP contribution in [0.15, 0.2) is 10.5 Å². The number of ether oxygens (including phenoxy) is 3. The molecule has 0 bridgehead atoms. The van der Waals surface area contributed by atoms with E-state index in [2.05, 4.69) is 27.9 Å². The molecular weight excluding hydrogens is 324 g/mol. The van der Waals surface area contributed by atoms with Gasteiger partial charge in [0.05, 0.1) is 17.1 Å². The Bertz CT molecular complexity index is 520. The van der Waals surface area contributed by atoms with E-state index in [0.29, 0.717) is 12.5 Å². The quantitative estimate of drug-likeness (QED) is 0.911. The second kappa shape index (κ2) is 5.42. The van der Waals surface area contributed by atoms with Crippen molar-refractivity contribution < 1.29 is 14.2 Å². The fourth-order valence-electron chi connectivity index (χ4n) is 3.14. The first-order valence-corrected chi connectivity index (χ1v) is 7.51. The number of methoxy groups -OCH3 is 1. The van der Waals surface area contributed by atoms with Gasteiger partial charge in [0.25, 0.3) is 0 Å². The van der Waals surface area contributed by atoms with Crippen molar-refractivity contribution in [1.29, 1.82) is 0 Å². The molecule has 0 aromatic heterocycles. The van der Waals surface area contributed by atoms with Crippen LogP contribution in [0.4, 0.5) is 0 Å². The van der Waals surface area contributed by atoms with E-state index < -0.39 is 0 Å². The minimum absolute atomic E-state index is 0.242. The first-order chi connectivity index (χ1) is 9.65. The molecule has 1 saturated heterocycles. The maximum Gasteiger partial charge on any atom is 0.231 e. The molecule has 5 nitrogen and oxygen atoms in total. The molecule has 2 heterocycles. The van der Waals surface area contributed by atoms with Gasteiger partial charge in [0.15, 0.2) is 11.5 Å². The number of hydrogen-bond donors (Lipinski definition) is 1. The fourth-order valence-corrected chi connectivity index (χ4v) is 3.73. The van der Waals surface area contributed by atoms with Gasteiger partial charge in [-0.2, -0.15) is 0 Å². The van der Waals surface area contributed by atoms with Gasteiger partial charge in [0.2, 0.25) is 6.79 Å². The van der Waals surface area contributed by atoms with Gasteiger partial charge in [-0.05, 0) is 41.9 Å². The SMILES string of the molecule is COc1c(Br)cc2c(c1C1CC(CN)CN1C)OCO2. The van der Waals surface area contributed by atoms with Gasteiger partial charge in [0, 0.05) is 18.7 Å². The van der Waals surface area contributed by atoms with Crippen molar-refractivity contribution >= 4 is 15.9 Å². The van der Waals surface area contributed by atoms with E-state index in [0.717, 1.165) is 40.3 Å². The highest BCUT2D eigenvalue weighted by Crippen LogP contribution is 2.51. The standard InChI is InChI=1S/C14H19BrN2O3/c1-17-6-8(5-16)3-10(17)12-13(18-2)9(15)4-11-14(12)20-7-19-11/h4,8,10H,3,5-7,16H2,1-2H3. The van der Waals surface area contributed by atoms with E-state index in [9.17, 15) is 0 Å². The lowest BCUT2D eigenvalue weighted by Crippen LogP contribution is -2.21. The summed E-state index contributed by atoms with van der Waals surface area (Å²) in [7, 11) is 3.80. The number of likely N-dealkylation sites (tertiary alicyclic amines) is 1. The summed E-state index contributed by atoms with van der Waals surface area (Å²) in [5.74, 6) is 2.91. The van der Waals surface area contributed by atoms with E-state index in [-0.39, 0.29) is 12.8 Å². The third-order valence-electron chi connectivity index (χ3n) is 4.11. The van der Waals surface area contributed by atoms with Crippen LogP contribution in [0.1, 0.15) is 18.0 Å². The number of benzene rings is 1. The zero-order valence-corrected chi connectivity index (χ0v) is 13.3. The van der Waals surface area contributed by atoms with Crippen molar-refractivity contribution in [1.82, 2.24) is 4.90 Å². The minimum Gasteiger partial charge on any atom is -0.495 e. The second-order valence-electron chi connectivity index (χ2n) is 5.33. The summed E-state index contributed by atoms with van der Waals surface area (Å²) >= 11 is 3.56. The van der Waals surface area contributed by atoms with Gasteiger partial charge in [0.1, 0.15) is 5.75 Å². The minimum atomic E-state index is 0.242. The summed E-state index contributed by atoms with van der Waals surface area (Å²) in [6.45, 7) is 1.96. The summed E-state index contributed by atoms with van der Waals surface area (Å²) in [6, 6.07) is 2.14. The molecule has 0 spiro atoms. The summed E-state index contributed by atoms with van der Waals surface area (Å²) in [5.41, 5.74) is 6.89. The molecule has 2 aliphatic rings. The lowest BCUT2D eigenvalue weighted by Gasteiger charge is -2.23. The van der Waals surface area contributed by atoms with Crippen LogP contribution in [0.25, 0.3) is 0 Å². The van der Waals surface area contributed by atoms with Gasteiger partial charge in [-0.3, -0.25) is 4.90 Å². The number of halogens is 1. The smallest absolute Gasteiger partial charge is 0.231 e. The summed E-state index contributed by atoms with van der Waals surface area (Å²) in [6.07, 6.45) is 1.01. The molecular formula is C14H19BrN2O3. The van der Waals surface area contributed by atoms with Crippen molar-refractivity contribution in [3.05, 3.63) is 16.1 Å². The summed E-state index contributed by atoms with van der Waals surface area (Å²) < 4.78 is 17.7. The van der Waals surface area contributed by atoms with Crippen molar-refractivity contribution in [3.8, 4) is 17.2 Å². The Balaban J connectivity index is 2.08. The Morgan fingerprint density at radius 3 is 2.95 bits per heavy atom. The van der Waals surface area contributed by atoms with Crippen LogP contribution in [-0.4, -0.2) is 38.9 Å². The second-order valence-corrected chi connectivity index (χ2v) is 6.19. The van der Waals surface area contributed by atoms with Gasteiger partial charge >= 0.3 is 0 Å². The van der Waals surface area contributed by atoms with Crippen LogP contribution >= 0.6 is 15.9 Å². The highest BCUT2D eigenvalue weighted by Gasteiger charge is 2.37. The molecule has 1 aromatic carbocycles. The van der Waals surface area contributed by atoms with Crippen molar-refractivity contribution in [3.63, 3.8) is 0 Å². The maximum atomic E-state index is 5.83. The van der Waals surface area contributed by atoms with Crippen molar-refractivity contribution in [2.75, 3.05) is 34.0 Å². The Labute approximate surface area is 127 Å². The number of hydrogen-bond acceptors (Lipinski definition) is 5. The molecule has 3 rings (SSSR count). The fraction of sp³-hybridized carbons (Fsp3) is 0.571. The van der Waals surface area contributed by atoms with Crippen molar-refractivity contribution in [2.45, 2.75) is 12.5 Å². The predicted octanol–water partition coefficient (Wildman–Crippen LogP) is 2.14. The first-order valence-electron chi connectivity index (χ1n) is 6.72. The van der Waals surface area contributed by atoms with Crippen LogP contribution in [0, 0.1) is 5.92 Å². The third kappa shape index (κ3) is 2.16. The van der Waals surface area contributed by atoms with Gasteiger partial charge in [-0.15, -0.1) is 0 Å². The normalized spacial score (nSPS) is 25.2. The molecule has 110 valence electrons. The van der Waals surface area contributed by atoms with E-state index in [1.54, 1.807) is 7.11 Å². The molecule has 0 saturated carbocycles. The number of nitrogens with two attached hydrogens (primary N) is 1. The maximum absolute atomic E-state index is 5.83. The van der Waals surface area contributed by atoms with Gasteiger partial charge in [-0.25, -0.2) is 0 Å². The van der Waals surface area contributed by atoms with E-state index in [4.69, 9.17) is 19.9 Å². The average molecular weight is 343 g/mol. The summed E-state index contributed by atoms with van der Waals surface area (Å²) in [5, 5.41) is 0. The Morgan fingerprint density at radius 1 is 1.50 bits per heavy atom.